The number of carbonyl (C=O) groups is 2. The van der Waals surface area contributed by atoms with Crippen molar-refractivity contribution in [3.63, 3.8) is 0 Å². The van der Waals surface area contributed by atoms with E-state index in [0.717, 1.165) is 99.3 Å². The molecular formula is C40H64Br2N4O4. The van der Waals surface area contributed by atoms with Gasteiger partial charge in [-0.05, 0) is 92.3 Å². The Morgan fingerprint density at radius 1 is 0.700 bits per heavy atom. The van der Waals surface area contributed by atoms with Gasteiger partial charge in [0.1, 0.15) is 11.5 Å². The van der Waals surface area contributed by atoms with Crippen LogP contribution in [0.25, 0.3) is 11.1 Å². The van der Waals surface area contributed by atoms with Crippen molar-refractivity contribution in [2.45, 2.75) is 65.2 Å². The van der Waals surface area contributed by atoms with Crippen molar-refractivity contribution in [1.29, 1.82) is 0 Å². The largest absolute Gasteiger partial charge is 1.00 e. The van der Waals surface area contributed by atoms with Gasteiger partial charge in [0, 0.05) is 18.7 Å². The standard InChI is InChI=1S/C40H62N4O4.2BrH/c1-9-17-33-19-21-38(48-28-16-14-26-44(7,8)32-40(46)42-24-12-4)36(29-33)34-20-22-37(35(30-34)18-10-2)47-27-15-13-25-43(5,6)31-39(45)41-23-11-3;;/h9-10,19-22,29-30H,1-2,11-18,23-28,31-32H2,3-8H3;2*1H. The molecule has 2 aromatic carbocycles. The second-order valence-corrected chi connectivity index (χ2v) is 14.1. The zero-order chi connectivity index (χ0) is 35.4. The summed E-state index contributed by atoms with van der Waals surface area (Å²) in [6.07, 6.45) is 11.0. The number of amides is 2. The van der Waals surface area contributed by atoms with Crippen LogP contribution in [0.2, 0.25) is 0 Å². The van der Waals surface area contributed by atoms with Gasteiger partial charge in [-0.2, -0.15) is 0 Å². The van der Waals surface area contributed by atoms with Gasteiger partial charge in [-0.25, -0.2) is 0 Å². The molecule has 0 fully saturated rings. The predicted molar refractivity (Wildman–Crippen MR) is 199 cm³/mol. The molecule has 50 heavy (non-hydrogen) atoms. The van der Waals surface area contributed by atoms with Crippen LogP contribution in [-0.4, -0.2) is 101 Å². The minimum absolute atomic E-state index is 0. The third kappa shape index (κ3) is 18.5. The number of benzene rings is 2. The Hall–Kier alpha value is -2.66. The van der Waals surface area contributed by atoms with Gasteiger partial charge >= 0.3 is 0 Å². The van der Waals surface area contributed by atoms with Crippen LogP contribution in [0.15, 0.2) is 61.7 Å². The van der Waals surface area contributed by atoms with Gasteiger partial charge in [0.15, 0.2) is 13.1 Å². The van der Waals surface area contributed by atoms with E-state index in [2.05, 4.69) is 102 Å². The Kier molecular flexibility index (Phi) is 24.0. The fourth-order valence-corrected chi connectivity index (χ4v) is 5.65. The molecule has 0 bridgehead atoms. The summed E-state index contributed by atoms with van der Waals surface area (Å²) in [6, 6.07) is 12.7. The summed E-state index contributed by atoms with van der Waals surface area (Å²) in [7, 11) is 8.42. The van der Waals surface area contributed by atoms with E-state index >= 15 is 0 Å². The lowest BCUT2D eigenvalue weighted by Gasteiger charge is -2.29. The van der Waals surface area contributed by atoms with E-state index in [9.17, 15) is 9.59 Å². The lowest BCUT2D eigenvalue weighted by atomic mass is 9.97. The molecule has 0 radical (unpaired) electrons. The number of ether oxygens (including phenoxy) is 2. The summed E-state index contributed by atoms with van der Waals surface area (Å²) in [5, 5.41) is 5.96. The Morgan fingerprint density at radius 3 is 1.70 bits per heavy atom. The molecule has 0 aliphatic carbocycles. The Labute approximate surface area is 324 Å². The molecule has 0 unspecified atom stereocenters. The second kappa shape index (κ2) is 25.3. The average Bonchev–Trinajstić information content (AvgIpc) is 3.03. The molecule has 0 saturated carbocycles. The molecule has 0 spiro atoms. The first-order valence-corrected chi connectivity index (χ1v) is 17.8. The first-order valence-electron chi connectivity index (χ1n) is 17.8. The fraction of sp³-hybridized carbons (Fsp3) is 0.550. The number of rotatable bonds is 25. The number of carbonyl (C=O) groups excluding carboxylic acids is 2. The number of hydrogen-bond acceptors (Lipinski definition) is 4. The predicted octanol–water partition coefficient (Wildman–Crippen LogP) is 0.342. The summed E-state index contributed by atoms with van der Waals surface area (Å²) in [4.78, 5) is 24.4. The van der Waals surface area contributed by atoms with Gasteiger partial charge in [-0.1, -0.05) is 38.1 Å². The summed E-state index contributed by atoms with van der Waals surface area (Å²) < 4.78 is 14.0. The molecule has 0 atom stereocenters. The van der Waals surface area contributed by atoms with Crippen LogP contribution >= 0.6 is 0 Å². The molecule has 0 aliphatic rings. The van der Waals surface area contributed by atoms with Gasteiger partial charge in [0.25, 0.3) is 11.8 Å². The highest BCUT2D eigenvalue weighted by Gasteiger charge is 2.20. The van der Waals surface area contributed by atoms with E-state index in [0.29, 0.717) is 41.7 Å². The van der Waals surface area contributed by atoms with Crippen LogP contribution in [-0.2, 0) is 22.4 Å². The van der Waals surface area contributed by atoms with Crippen molar-refractivity contribution in [3.8, 4) is 22.6 Å². The number of nitrogens with zero attached hydrogens (tertiary/aromatic N) is 2. The lowest BCUT2D eigenvalue weighted by molar-refractivity contribution is -0.882. The lowest BCUT2D eigenvalue weighted by Crippen LogP contribution is -3.00. The SMILES string of the molecule is C=CCc1ccc(OCCCC[N+](C)(C)CC(=O)NCCC)c(-c2ccc(OCCCC[N+](C)(C)CC(=O)NCCC)c(CC=C)c2)c1.[Br-].[Br-]. The molecule has 2 N–H and O–H groups in total. The number of allylic oxidation sites excluding steroid dienone is 2. The molecular weight excluding hydrogens is 760 g/mol. The number of hydrogen-bond donors (Lipinski definition) is 2. The van der Waals surface area contributed by atoms with E-state index in [1.54, 1.807) is 0 Å². The van der Waals surface area contributed by atoms with Crippen molar-refractivity contribution in [1.82, 2.24) is 10.6 Å². The molecule has 0 saturated heterocycles. The second-order valence-electron chi connectivity index (χ2n) is 14.1. The number of nitrogens with one attached hydrogen (secondary N) is 2. The van der Waals surface area contributed by atoms with Crippen LogP contribution < -0.4 is 54.1 Å². The monoisotopic (exact) mass is 822 g/mol. The maximum absolute atomic E-state index is 12.2. The Bertz CT molecular complexity index is 1320. The van der Waals surface area contributed by atoms with Gasteiger partial charge in [0.05, 0.1) is 54.5 Å². The molecule has 10 heteroatoms. The highest BCUT2D eigenvalue weighted by atomic mass is 79.9. The van der Waals surface area contributed by atoms with Crippen molar-refractivity contribution in [3.05, 3.63) is 72.8 Å². The first-order chi connectivity index (χ1) is 22.9. The summed E-state index contributed by atoms with van der Waals surface area (Å²) in [5.74, 6) is 1.95. The van der Waals surface area contributed by atoms with E-state index in [-0.39, 0.29) is 45.8 Å². The zero-order valence-electron chi connectivity index (χ0n) is 31.6. The number of likely N-dealkylation sites (N-methyl/N-ethyl adjacent to an activating group) is 2. The minimum Gasteiger partial charge on any atom is -1.00 e. The number of unbranched alkanes of at least 4 members (excludes halogenated alkanes) is 2. The van der Waals surface area contributed by atoms with Gasteiger partial charge < -0.3 is 63.0 Å². The van der Waals surface area contributed by atoms with Crippen LogP contribution in [0.3, 0.4) is 0 Å². The Morgan fingerprint density at radius 2 is 1.20 bits per heavy atom. The maximum Gasteiger partial charge on any atom is 0.275 e. The summed E-state index contributed by atoms with van der Waals surface area (Å²) >= 11 is 0. The molecule has 282 valence electrons. The average molecular weight is 825 g/mol. The topological polar surface area (TPSA) is 76.7 Å². The third-order valence-corrected chi connectivity index (χ3v) is 8.28. The van der Waals surface area contributed by atoms with E-state index in [1.165, 1.54) is 5.56 Å². The van der Waals surface area contributed by atoms with Gasteiger partial charge in [0.2, 0.25) is 0 Å². The smallest absolute Gasteiger partial charge is 0.275 e. The molecule has 2 amide bonds. The van der Waals surface area contributed by atoms with Crippen LogP contribution in [0, 0.1) is 0 Å². The molecule has 0 aliphatic heterocycles. The van der Waals surface area contributed by atoms with Crippen molar-refractivity contribution < 1.29 is 62.0 Å². The summed E-state index contributed by atoms with van der Waals surface area (Å²) in [6.45, 7) is 17.5. The normalized spacial score (nSPS) is 11.1. The minimum atomic E-state index is 0. The van der Waals surface area contributed by atoms with Crippen LogP contribution in [0.4, 0.5) is 0 Å². The highest BCUT2D eigenvalue weighted by molar-refractivity contribution is 5.77. The van der Waals surface area contributed by atoms with E-state index in [1.807, 2.05) is 12.2 Å². The van der Waals surface area contributed by atoms with Crippen molar-refractivity contribution >= 4 is 11.8 Å². The Balaban J connectivity index is 0.0000120. The molecule has 0 heterocycles. The molecule has 0 aromatic heterocycles. The molecule has 8 nitrogen and oxygen atoms in total. The highest BCUT2D eigenvalue weighted by Crippen LogP contribution is 2.35. The fourth-order valence-electron chi connectivity index (χ4n) is 5.65. The van der Waals surface area contributed by atoms with Crippen LogP contribution in [0.1, 0.15) is 63.5 Å². The van der Waals surface area contributed by atoms with Crippen LogP contribution in [0.5, 0.6) is 11.5 Å². The van der Waals surface area contributed by atoms with Gasteiger partial charge in [-0.15, -0.1) is 13.2 Å². The third-order valence-electron chi connectivity index (χ3n) is 8.28. The van der Waals surface area contributed by atoms with Crippen molar-refractivity contribution in [2.24, 2.45) is 0 Å². The van der Waals surface area contributed by atoms with E-state index in [4.69, 9.17) is 9.47 Å². The van der Waals surface area contributed by atoms with E-state index < -0.39 is 0 Å². The molecule has 2 aromatic rings. The van der Waals surface area contributed by atoms with Gasteiger partial charge in [-0.3, -0.25) is 9.59 Å². The van der Waals surface area contributed by atoms with Crippen molar-refractivity contribution in [2.75, 3.05) is 80.7 Å². The quantitative estimate of drug-likeness (QED) is 0.0862. The number of quaternary nitrogens is 2. The summed E-state index contributed by atoms with van der Waals surface area (Å²) in [5.41, 5.74) is 4.41. The zero-order valence-corrected chi connectivity index (χ0v) is 34.8. The first kappa shape index (κ1) is 47.3. The number of halogens is 2. The maximum atomic E-state index is 12.2. The molecule has 2 rings (SSSR count).